The van der Waals surface area contributed by atoms with Crippen molar-refractivity contribution >= 4 is 0 Å². The van der Waals surface area contributed by atoms with Gasteiger partial charge in [-0.25, -0.2) is 0 Å². The van der Waals surface area contributed by atoms with Gasteiger partial charge < -0.3 is 4.74 Å². The Hall–Kier alpha value is -0.600. The number of ether oxygens (including phenoxy) is 1. The van der Waals surface area contributed by atoms with Gasteiger partial charge in [-0.3, -0.25) is 0 Å². The standard InChI is InChI=1S/C12H21O2/c1-7-9(3)11(5)14-12(6,13)10(4)8-2/h7-9,11H,1H2,2-6H3. The molecule has 1 radical (unpaired) electrons. The fourth-order valence-electron chi connectivity index (χ4n) is 1.01. The van der Waals surface area contributed by atoms with Gasteiger partial charge in [0.05, 0.1) is 6.10 Å². The molecule has 81 valence electrons. The second-order valence-electron chi connectivity index (χ2n) is 3.84. The van der Waals surface area contributed by atoms with Crippen LogP contribution in [0.25, 0.3) is 0 Å². The van der Waals surface area contributed by atoms with Gasteiger partial charge in [-0.1, -0.05) is 19.1 Å². The Morgan fingerprint density at radius 2 is 2.00 bits per heavy atom. The van der Waals surface area contributed by atoms with Gasteiger partial charge in [0.15, 0.2) is 0 Å². The molecule has 3 atom stereocenters. The number of hydrogen-bond acceptors (Lipinski definition) is 1. The molecule has 14 heavy (non-hydrogen) atoms. The molecule has 0 aromatic carbocycles. The van der Waals surface area contributed by atoms with Crippen molar-refractivity contribution in [2.75, 3.05) is 0 Å². The van der Waals surface area contributed by atoms with Crippen LogP contribution < -0.4 is 0 Å². The molecule has 0 spiro atoms. The molecular formula is C12H21O2. The van der Waals surface area contributed by atoms with Gasteiger partial charge >= 0.3 is 0 Å². The van der Waals surface area contributed by atoms with Gasteiger partial charge in [-0.15, -0.1) is 6.58 Å². The van der Waals surface area contributed by atoms with Crippen LogP contribution >= 0.6 is 0 Å². The van der Waals surface area contributed by atoms with E-state index in [9.17, 15) is 5.11 Å². The van der Waals surface area contributed by atoms with Crippen LogP contribution in [0.2, 0.25) is 0 Å². The summed E-state index contributed by atoms with van der Waals surface area (Å²) in [5, 5.41) is 11.9. The lowest BCUT2D eigenvalue weighted by Crippen LogP contribution is -2.34. The Balaban J connectivity index is 4.43. The molecule has 0 aromatic rings. The van der Waals surface area contributed by atoms with Gasteiger partial charge in [-0.05, 0) is 39.2 Å². The third kappa shape index (κ3) is 3.64. The molecule has 3 unspecified atom stereocenters. The molecule has 0 heterocycles. The Morgan fingerprint density at radius 3 is 2.36 bits per heavy atom. The van der Waals surface area contributed by atoms with Crippen LogP contribution in [-0.4, -0.2) is 11.9 Å². The van der Waals surface area contributed by atoms with E-state index in [2.05, 4.69) is 6.58 Å². The summed E-state index contributed by atoms with van der Waals surface area (Å²) in [6.45, 7) is 12.7. The minimum atomic E-state index is -1.43. The van der Waals surface area contributed by atoms with E-state index in [1.165, 1.54) is 0 Å². The van der Waals surface area contributed by atoms with Crippen LogP contribution in [0.3, 0.4) is 0 Å². The van der Waals surface area contributed by atoms with Crippen LogP contribution in [0.5, 0.6) is 0 Å². The topological polar surface area (TPSA) is 29.1 Å². The lowest BCUT2D eigenvalue weighted by Gasteiger charge is -2.28. The third-order valence-electron chi connectivity index (χ3n) is 2.67. The van der Waals surface area contributed by atoms with Crippen molar-refractivity contribution in [1.29, 1.82) is 0 Å². The lowest BCUT2D eigenvalue weighted by atomic mass is 10.0. The Kier molecular flexibility index (Phi) is 5.09. The Labute approximate surface area is 87.3 Å². The quantitative estimate of drug-likeness (QED) is 0.491. The van der Waals surface area contributed by atoms with E-state index in [1.54, 1.807) is 26.0 Å². The molecule has 0 rings (SSSR count). The summed E-state index contributed by atoms with van der Waals surface area (Å²) in [7, 11) is 0. The maximum absolute atomic E-state index is 11.9. The zero-order valence-corrected chi connectivity index (χ0v) is 9.83. The van der Waals surface area contributed by atoms with Gasteiger partial charge in [0.1, 0.15) is 0 Å². The van der Waals surface area contributed by atoms with Crippen LogP contribution in [0.1, 0.15) is 34.6 Å². The molecule has 0 saturated heterocycles. The summed E-state index contributed by atoms with van der Waals surface area (Å²) in [6, 6.07) is 0. The monoisotopic (exact) mass is 197 g/mol. The average molecular weight is 197 g/mol. The van der Waals surface area contributed by atoms with E-state index in [1.807, 2.05) is 20.8 Å². The molecular weight excluding hydrogens is 176 g/mol. The SMILES string of the molecule is C=CC(C)C(C)OC(C)([O])C(C)=CC. The highest BCUT2D eigenvalue weighted by Crippen LogP contribution is 2.23. The summed E-state index contributed by atoms with van der Waals surface area (Å²) in [4.78, 5) is 0. The first-order chi connectivity index (χ1) is 6.35. The van der Waals surface area contributed by atoms with Crippen LogP contribution in [-0.2, 0) is 9.84 Å². The zero-order valence-electron chi connectivity index (χ0n) is 9.83. The van der Waals surface area contributed by atoms with E-state index in [4.69, 9.17) is 4.74 Å². The van der Waals surface area contributed by atoms with Gasteiger partial charge in [0, 0.05) is 0 Å². The molecule has 0 amide bonds. The Morgan fingerprint density at radius 1 is 1.50 bits per heavy atom. The number of allylic oxidation sites excluding steroid dienone is 1. The molecule has 0 fully saturated rings. The van der Waals surface area contributed by atoms with Gasteiger partial charge in [0.25, 0.3) is 0 Å². The fourth-order valence-corrected chi connectivity index (χ4v) is 1.01. The maximum atomic E-state index is 11.9. The highest BCUT2D eigenvalue weighted by molar-refractivity contribution is 5.06. The maximum Gasteiger partial charge on any atom is 0.221 e. The van der Waals surface area contributed by atoms with E-state index in [-0.39, 0.29) is 12.0 Å². The second kappa shape index (κ2) is 5.32. The fraction of sp³-hybridized carbons (Fsp3) is 0.667. The number of rotatable bonds is 5. The van der Waals surface area contributed by atoms with Crippen molar-refractivity contribution in [3.05, 3.63) is 24.3 Å². The molecule has 0 N–H and O–H groups in total. The first-order valence-electron chi connectivity index (χ1n) is 4.99. The smallest absolute Gasteiger partial charge is 0.221 e. The van der Waals surface area contributed by atoms with E-state index < -0.39 is 5.79 Å². The van der Waals surface area contributed by atoms with Crippen molar-refractivity contribution in [2.24, 2.45) is 5.92 Å². The van der Waals surface area contributed by atoms with Crippen molar-refractivity contribution in [3.8, 4) is 0 Å². The summed E-state index contributed by atoms with van der Waals surface area (Å²) in [6.07, 6.45) is 3.48. The average Bonchev–Trinajstić information content (AvgIpc) is 2.14. The third-order valence-corrected chi connectivity index (χ3v) is 2.67. The van der Waals surface area contributed by atoms with Gasteiger partial charge in [-0.2, -0.15) is 5.11 Å². The predicted octanol–water partition coefficient (Wildman–Crippen LogP) is 3.33. The summed E-state index contributed by atoms with van der Waals surface area (Å²) in [5.41, 5.74) is 0.709. The normalized spacial score (nSPS) is 21.1. The molecule has 0 aliphatic rings. The minimum Gasteiger partial charge on any atom is -0.341 e. The predicted molar refractivity (Wildman–Crippen MR) is 58.4 cm³/mol. The van der Waals surface area contributed by atoms with Crippen molar-refractivity contribution < 1.29 is 9.84 Å². The zero-order chi connectivity index (χ0) is 11.4. The Bertz CT molecular complexity index is 216. The van der Waals surface area contributed by atoms with Gasteiger partial charge in [0.2, 0.25) is 5.79 Å². The molecule has 0 bridgehead atoms. The molecule has 0 aliphatic heterocycles. The van der Waals surface area contributed by atoms with E-state index in [0.29, 0.717) is 5.57 Å². The summed E-state index contributed by atoms with van der Waals surface area (Å²) < 4.78 is 5.45. The largest absolute Gasteiger partial charge is 0.341 e. The molecule has 0 aromatic heterocycles. The van der Waals surface area contributed by atoms with Crippen molar-refractivity contribution in [3.63, 3.8) is 0 Å². The lowest BCUT2D eigenvalue weighted by molar-refractivity contribution is -0.228. The number of hydrogen-bond donors (Lipinski definition) is 0. The van der Waals surface area contributed by atoms with Crippen LogP contribution in [0, 0.1) is 5.92 Å². The van der Waals surface area contributed by atoms with Crippen molar-refractivity contribution in [2.45, 2.75) is 46.5 Å². The molecule has 0 aliphatic carbocycles. The van der Waals surface area contributed by atoms with E-state index in [0.717, 1.165) is 0 Å². The van der Waals surface area contributed by atoms with E-state index >= 15 is 0 Å². The first kappa shape index (κ1) is 13.4. The second-order valence-corrected chi connectivity index (χ2v) is 3.84. The van der Waals surface area contributed by atoms with Crippen LogP contribution in [0.4, 0.5) is 0 Å². The molecule has 0 saturated carbocycles. The first-order valence-corrected chi connectivity index (χ1v) is 4.99. The summed E-state index contributed by atoms with van der Waals surface area (Å²) >= 11 is 0. The molecule has 2 nitrogen and oxygen atoms in total. The van der Waals surface area contributed by atoms with Crippen molar-refractivity contribution in [1.82, 2.24) is 0 Å². The summed E-state index contributed by atoms with van der Waals surface area (Å²) in [5.74, 6) is -1.24. The highest BCUT2D eigenvalue weighted by Gasteiger charge is 2.29. The highest BCUT2D eigenvalue weighted by atomic mass is 16.6. The minimum absolute atomic E-state index is 0.107. The molecule has 2 heteroatoms. The van der Waals surface area contributed by atoms with Crippen LogP contribution in [0.15, 0.2) is 24.3 Å².